The third-order valence-corrected chi connectivity index (χ3v) is 10.4. The summed E-state index contributed by atoms with van der Waals surface area (Å²) >= 11 is 6.55. The minimum Gasteiger partial charge on any atom is -0.508 e. The van der Waals surface area contributed by atoms with E-state index in [1.54, 1.807) is 54.0 Å². The molecule has 0 unspecified atom stereocenters. The van der Waals surface area contributed by atoms with Crippen molar-refractivity contribution >= 4 is 63.4 Å². The lowest BCUT2D eigenvalue weighted by Gasteiger charge is -2.23. The lowest BCUT2D eigenvalue weighted by Crippen LogP contribution is -2.38. The number of phenols is 1. The molecule has 13 nitrogen and oxygen atoms in total. The van der Waals surface area contributed by atoms with Crippen molar-refractivity contribution in [3.63, 3.8) is 0 Å². The van der Waals surface area contributed by atoms with Crippen molar-refractivity contribution in [2.75, 3.05) is 49.8 Å². The average Bonchev–Trinajstić information content (AvgIpc) is 3.81. The zero-order valence-electron chi connectivity index (χ0n) is 31.9. The van der Waals surface area contributed by atoms with Gasteiger partial charge < -0.3 is 39.0 Å². The van der Waals surface area contributed by atoms with Gasteiger partial charge in [0, 0.05) is 74.9 Å². The molecular formula is C43H41ClN6O7. The van der Waals surface area contributed by atoms with Gasteiger partial charge in [-0.25, -0.2) is 14.6 Å². The first kappa shape index (κ1) is 38.7. The molecule has 0 bridgehead atoms. The van der Waals surface area contributed by atoms with Crippen LogP contribution in [0, 0.1) is 13.8 Å². The van der Waals surface area contributed by atoms with Gasteiger partial charge in [0.25, 0.3) is 11.8 Å². The van der Waals surface area contributed by atoms with Crippen LogP contribution < -0.4 is 15.0 Å². The second-order valence-corrected chi connectivity index (χ2v) is 14.4. The van der Waals surface area contributed by atoms with Gasteiger partial charge in [-0.05, 0) is 72.3 Å². The molecule has 4 aromatic carbocycles. The lowest BCUT2D eigenvalue weighted by atomic mass is 9.92. The number of aromatic nitrogens is 2. The summed E-state index contributed by atoms with van der Waals surface area (Å²) < 4.78 is 13.1. The second kappa shape index (κ2) is 16.2. The molecule has 0 spiro atoms. The first-order valence-electron chi connectivity index (χ1n) is 18.3. The standard InChI is InChI=1S/C43H41ClN6O7/c1-26-8-10-28(11-9-26)25-56-42(54)47(3)18-19-48(4)43(55)57-36-20-35-39(38-27(2)6-5-7-33(36)38)30(21-44)22-50(35)41(53)34-24-49-23-31(14-17-37(49)46-34)45-40(52)29-12-15-32(51)16-13-29/h5-17,20,23-24,30,51H,18-19,21-22,25H2,1-4H3,(H,45,52)/t30-/m1/s1. The number of alkyl halides is 1. The number of carbonyl (C=O) groups excluding carboxylic acids is 4. The van der Waals surface area contributed by atoms with Gasteiger partial charge in [0.1, 0.15) is 29.4 Å². The quantitative estimate of drug-likeness (QED) is 0.134. The highest BCUT2D eigenvalue weighted by molar-refractivity contribution is 6.19. The second-order valence-electron chi connectivity index (χ2n) is 14.1. The fraction of sp³-hybridized carbons (Fsp3) is 0.233. The summed E-state index contributed by atoms with van der Waals surface area (Å²) in [5, 5.41) is 13.9. The number of anilines is 2. The zero-order chi connectivity index (χ0) is 40.4. The Hall–Kier alpha value is -6.60. The number of aryl methyl sites for hydroxylation is 2. The number of amides is 4. The minimum atomic E-state index is -0.641. The van der Waals surface area contributed by atoms with Crippen molar-refractivity contribution in [1.29, 1.82) is 0 Å². The smallest absolute Gasteiger partial charge is 0.415 e. The highest BCUT2D eigenvalue weighted by atomic mass is 35.5. The van der Waals surface area contributed by atoms with Crippen LogP contribution in [0.5, 0.6) is 11.5 Å². The third-order valence-electron chi connectivity index (χ3n) is 10.0. The predicted molar refractivity (Wildman–Crippen MR) is 218 cm³/mol. The number of phenolic OH excluding ortho intramolecular Hbond substituents is 1. The predicted octanol–water partition coefficient (Wildman–Crippen LogP) is 7.74. The fourth-order valence-electron chi connectivity index (χ4n) is 6.80. The van der Waals surface area contributed by atoms with E-state index in [2.05, 4.69) is 10.3 Å². The number of nitrogens with zero attached hydrogens (tertiary/aromatic N) is 5. The van der Waals surface area contributed by atoms with Gasteiger partial charge in [-0.2, -0.15) is 0 Å². The molecular weight excluding hydrogens is 748 g/mol. The van der Waals surface area contributed by atoms with Gasteiger partial charge >= 0.3 is 12.2 Å². The van der Waals surface area contributed by atoms with Crippen molar-refractivity contribution in [3.8, 4) is 11.5 Å². The van der Waals surface area contributed by atoms with Crippen molar-refractivity contribution < 1.29 is 33.8 Å². The average molecular weight is 789 g/mol. The number of pyridine rings is 1. The number of fused-ring (bicyclic) bond motifs is 4. The SMILES string of the molecule is Cc1ccc(COC(=O)N(C)CCN(C)C(=O)Oc2cc3c(c4c(C)cccc24)[C@H](CCl)CN3C(=O)c2cn3cc(NC(=O)c4ccc(O)cc4)ccc3n2)cc1. The molecule has 0 saturated carbocycles. The van der Waals surface area contributed by atoms with E-state index in [9.17, 15) is 24.3 Å². The number of rotatable bonds is 10. The first-order valence-corrected chi connectivity index (χ1v) is 18.8. The van der Waals surface area contributed by atoms with Gasteiger partial charge in [-0.1, -0.05) is 48.0 Å². The molecule has 7 rings (SSSR count). The minimum absolute atomic E-state index is 0.0561. The van der Waals surface area contributed by atoms with Crippen LogP contribution in [0.15, 0.2) is 97.3 Å². The zero-order valence-corrected chi connectivity index (χ0v) is 32.6. The van der Waals surface area contributed by atoms with E-state index in [0.29, 0.717) is 28.0 Å². The van der Waals surface area contributed by atoms with Gasteiger partial charge in [-0.3, -0.25) is 9.59 Å². The molecule has 1 aliphatic rings. The maximum Gasteiger partial charge on any atom is 0.415 e. The number of hydrogen-bond acceptors (Lipinski definition) is 8. The first-order chi connectivity index (χ1) is 27.4. The number of halogens is 1. The maximum atomic E-state index is 14.3. The van der Waals surface area contributed by atoms with E-state index in [4.69, 9.17) is 21.1 Å². The Morgan fingerprint density at radius 2 is 1.63 bits per heavy atom. The largest absolute Gasteiger partial charge is 0.508 e. The summed E-state index contributed by atoms with van der Waals surface area (Å²) in [6.07, 6.45) is 2.10. The third kappa shape index (κ3) is 8.19. The lowest BCUT2D eigenvalue weighted by molar-refractivity contribution is 0.0981. The number of benzene rings is 4. The van der Waals surface area contributed by atoms with Crippen molar-refractivity contribution in [2.45, 2.75) is 26.4 Å². The maximum absolute atomic E-state index is 14.3. The van der Waals surface area contributed by atoms with E-state index >= 15 is 0 Å². The number of imidazole rings is 1. The Morgan fingerprint density at radius 1 is 0.912 bits per heavy atom. The van der Waals surface area contributed by atoms with E-state index in [1.807, 2.05) is 56.3 Å². The molecule has 4 amide bonds. The molecule has 1 atom stereocenters. The monoisotopic (exact) mass is 788 g/mol. The van der Waals surface area contributed by atoms with E-state index in [1.165, 1.54) is 34.1 Å². The molecule has 6 aromatic rings. The Bertz CT molecular complexity index is 2500. The van der Waals surface area contributed by atoms with Crippen LogP contribution in [-0.2, 0) is 11.3 Å². The Morgan fingerprint density at radius 3 is 2.35 bits per heavy atom. The van der Waals surface area contributed by atoms with Gasteiger partial charge in [0.05, 0.1) is 11.4 Å². The van der Waals surface area contributed by atoms with Gasteiger partial charge in [0.2, 0.25) is 0 Å². The van der Waals surface area contributed by atoms with Crippen molar-refractivity contribution in [2.24, 2.45) is 0 Å². The summed E-state index contributed by atoms with van der Waals surface area (Å²) in [6.45, 7) is 4.74. The topological polar surface area (TPSA) is 146 Å². The molecule has 0 fully saturated rings. The van der Waals surface area contributed by atoms with Crippen LogP contribution in [0.2, 0.25) is 0 Å². The van der Waals surface area contributed by atoms with Crippen LogP contribution in [0.3, 0.4) is 0 Å². The van der Waals surface area contributed by atoms with E-state index in [0.717, 1.165) is 27.6 Å². The summed E-state index contributed by atoms with van der Waals surface area (Å²) in [4.78, 5) is 62.2. The van der Waals surface area contributed by atoms with Crippen LogP contribution >= 0.6 is 11.6 Å². The number of nitrogens with one attached hydrogen (secondary N) is 1. The number of carbonyl (C=O) groups is 4. The van der Waals surface area contributed by atoms with Crippen LogP contribution in [0.25, 0.3) is 16.4 Å². The summed E-state index contributed by atoms with van der Waals surface area (Å²) in [7, 11) is 3.19. The normalized spacial score (nSPS) is 13.4. The number of aromatic hydroxyl groups is 1. The summed E-state index contributed by atoms with van der Waals surface area (Å²) in [6, 6.07) is 24.4. The molecule has 2 N–H and O–H groups in total. The molecule has 2 aromatic heterocycles. The summed E-state index contributed by atoms with van der Waals surface area (Å²) in [5.74, 6) is -0.368. The molecule has 3 heterocycles. The van der Waals surface area contributed by atoms with Gasteiger partial charge in [-0.15, -0.1) is 11.6 Å². The molecule has 1 aliphatic heterocycles. The number of likely N-dealkylation sites (N-methyl/N-ethyl adjacent to an activating group) is 2. The van der Waals surface area contributed by atoms with Crippen LogP contribution in [-0.4, -0.2) is 87.9 Å². The number of ether oxygens (including phenoxy) is 2. The molecule has 292 valence electrons. The van der Waals surface area contributed by atoms with Crippen LogP contribution in [0.4, 0.5) is 21.0 Å². The van der Waals surface area contributed by atoms with Gasteiger partial charge in [0.15, 0.2) is 0 Å². The Balaban J connectivity index is 1.09. The molecule has 0 aliphatic carbocycles. The number of hydrogen-bond donors (Lipinski definition) is 2. The highest BCUT2D eigenvalue weighted by Gasteiger charge is 2.37. The van der Waals surface area contributed by atoms with Crippen molar-refractivity contribution in [1.82, 2.24) is 19.2 Å². The molecule has 57 heavy (non-hydrogen) atoms. The Labute approximate surface area is 334 Å². The van der Waals surface area contributed by atoms with Crippen molar-refractivity contribution in [3.05, 3.63) is 131 Å². The van der Waals surface area contributed by atoms with E-state index in [-0.39, 0.29) is 67.0 Å². The Kier molecular flexibility index (Phi) is 11.0. The van der Waals surface area contributed by atoms with E-state index < -0.39 is 12.2 Å². The highest BCUT2D eigenvalue weighted by Crippen LogP contribution is 2.47. The molecule has 14 heteroatoms. The van der Waals surface area contributed by atoms with Crippen LogP contribution in [0.1, 0.15) is 49.0 Å². The molecule has 0 saturated heterocycles. The molecule has 0 radical (unpaired) electrons. The fourth-order valence-corrected chi connectivity index (χ4v) is 7.06. The summed E-state index contributed by atoms with van der Waals surface area (Å²) in [5.41, 5.74) is 5.88.